The molecule has 0 atom stereocenters. The summed E-state index contributed by atoms with van der Waals surface area (Å²) in [5, 5.41) is 11.1. The molecule has 2 N–H and O–H groups in total. The van der Waals surface area contributed by atoms with Crippen LogP contribution < -0.4 is 34.2 Å². The van der Waals surface area contributed by atoms with Gasteiger partial charge in [-0.1, -0.05) is 23.2 Å². The molecule has 0 saturated carbocycles. The second kappa shape index (κ2) is 17.4. The minimum atomic E-state index is -1.13. The molecular formula is C30H27Cl3F4N2O8. The maximum Gasteiger partial charge on any atom is 0.291 e. The minimum Gasteiger partial charge on any atom is -0.496 e. The van der Waals surface area contributed by atoms with Crippen molar-refractivity contribution in [2.75, 3.05) is 34.2 Å². The van der Waals surface area contributed by atoms with Crippen molar-refractivity contribution in [2.45, 2.75) is 13.2 Å². The van der Waals surface area contributed by atoms with E-state index in [9.17, 15) is 27.7 Å². The SMILES string of the molecule is COc1cc(Cl)c(N)cc1OCc1c(OC)ccc(F)c1F.COc1cc(Cl)c([N+](=O)[O-])cc1OCc1c(OC)ccc(F)c1F.Cl. The van der Waals surface area contributed by atoms with E-state index in [4.69, 9.17) is 57.4 Å². The van der Waals surface area contributed by atoms with Crippen LogP contribution >= 0.6 is 35.6 Å². The van der Waals surface area contributed by atoms with Gasteiger partial charge in [0.2, 0.25) is 0 Å². The number of rotatable bonds is 11. The Morgan fingerprint density at radius 2 is 1.06 bits per heavy atom. The van der Waals surface area contributed by atoms with Gasteiger partial charge in [-0.05, 0) is 24.3 Å². The molecular weight excluding hydrogens is 699 g/mol. The zero-order valence-corrected chi connectivity index (χ0v) is 27.3. The lowest BCUT2D eigenvalue weighted by molar-refractivity contribution is -0.384. The summed E-state index contributed by atoms with van der Waals surface area (Å²) in [6.45, 7) is -0.688. The fourth-order valence-corrected chi connectivity index (χ4v) is 4.24. The maximum atomic E-state index is 13.9. The number of methoxy groups -OCH3 is 4. The van der Waals surface area contributed by atoms with Crippen molar-refractivity contribution in [2.24, 2.45) is 0 Å². The third-order valence-corrected chi connectivity index (χ3v) is 6.83. The van der Waals surface area contributed by atoms with Crippen molar-refractivity contribution in [3.05, 3.63) is 103 Å². The van der Waals surface area contributed by atoms with Gasteiger partial charge in [-0.15, -0.1) is 12.4 Å². The Hall–Kier alpha value is -4.53. The highest BCUT2D eigenvalue weighted by atomic mass is 35.5. The molecule has 0 fully saturated rings. The monoisotopic (exact) mass is 724 g/mol. The topological polar surface area (TPSA) is 125 Å². The predicted molar refractivity (Wildman–Crippen MR) is 169 cm³/mol. The molecule has 17 heteroatoms. The molecule has 254 valence electrons. The van der Waals surface area contributed by atoms with Crippen LogP contribution in [0.5, 0.6) is 34.5 Å². The number of anilines is 1. The Morgan fingerprint density at radius 1 is 0.660 bits per heavy atom. The lowest BCUT2D eigenvalue weighted by atomic mass is 10.2. The average molecular weight is 726 g/mol. The number of nitrogens with two attached hydrogens (primary N) is 1. The fraction of sp³-hybridized carbons (Fsp3) is 0.200. The van der Waals surface area contributed by atoms with Crippen LogP contribution in [0.25, 0.3) is 0 Å². The number of nitrogens with zero attached hydrogens (tertiary/aromatic N) is 1. The Bertz CT molecular complexity index is 1730. The van der Waals surface area contributed by atoms with E-state index in [0.29, 0.717) is 10.8 Å². The summed E-state index contributed by atoms with van der Waals surface area (Å²) in [7, 11) is 5.40. The van der Waals surface area contributed by atoms with Crippen molar-refractivity contribution >= 4 is 47.0 Å². The van der Waals surface area contributed by atoms with E-state index in [2.05, 4.69) is 0 Å². The summed E-state index contributed by atoms with van der Waals surface area (Å²) in [5.41, 5.74) is 5.36. The highest BCUT2D eigenvalue weighted by molar-refractivity contribution is 6.33. The molecule has 0 amide bonds. The Labute approximate surface area is 282 Å². The molecule has 4 rings (SSSR count). The summed E-state index contributed by atoms with van der Waals surface area (Å²) >= 11 is 11.7. The molecule has 4 aromatic rings. The van der Waals surface area contributed by atoms with Crippen LogP contribution in [0.3, 0.4) is 0 Å². The first-order valence-electron chi connectivity index (χ1n) is 12.8. The van der Waals surface area contributed by atoms with E-state index >= 15 is 0 Å². The van der Waals surface area contributed by atoms with E-state index in [1.807, 2.05) is 0 Å². The second-order valence-corrected chi connectivity index (χ2v) is 9.71. The average Bonchev–Trinajstić information content (AvgIpc) is 3.04. The number of hydrogen-bond donors (Lipinski definition) is 1. The standard InChI is InChI=1S/C15H12ClF2NO5.C15H14ClF2NO3.ClH/c1-22-12-4-3-10(17)15(18)8(12)7-24-14-6-11(19(20)21)9(16)5-13(14)23-2;1-20-12-4-3-10(17)15(18)8(12)7-22-14-6-11(19)9(16)5-13(14)21-2;/h3-6H,7H2,1-2H3;3-6H,7,19H2,1-2H3;1H. The lowest BCUT2D eigenvalue weighted by Gasteiger charge is -2.14. The number of nitro groups is 1. The van der Waals surface area contributed by atoms with Gasteiger partial charge in [-0.3, -0.25) is 10.1 Å². The summed E-state index contributed by atoms with van der Waals surface area (Å²) in [6, 6.07) is 9.66. The number of ether oxygens (including phenoxy) is 6. The second-order valence-electron chi connectivity index (χ2n) is 8.90. The molecule has 0 aliphatic rings. The van der Waals surface area contributed by atoms with Crippen LogP contribution in [0.15, 0.2) is 48.5 Å². The smallest absolute Gasteiger partial charge is 0.291 e. The van der Waals surface area contributed by atoms with Crippen LogP contribution in [0, 0.1) is 33.4 Å². The third kappa shape index (κ3) is 9.27. The number of hydrogen-bond acceptors (Lipinski definition) is 9. The summed E-state index contributed by atoms with van der Waals surface area (Å²) < 4.78 is 85.4. The van der Waals surface area contributed by atoms with Gasteiger partial charge in [0.05, 0.1) is 61.3 Å². The van der Waals surface area contributed by atoms with Gasteiger partial charge in [0.15, 0.2) is 46.3 Å². The van der Waals surface area contributed by atoms with E-state index in [-0.39, 0.29) is 69.6 Å². The van der Waals surface area contributed by atoms with Crippen LogP contribution in [-0.4, -0.2) is 33.4 Å². The van der Waals surface area contributed by atoms with Gasteiger partial charge < -0.3 is 34.2 Å². The molecule has 10 nitrogen and oxygen atoms in total. The molecule has 0 bridgehead atoms. The summed E-state index contributed by atoms with van der Waals surface area (Å²) in [4.78, 5) is 10.2. The van der Waals surface area contributed by atoms with Crippen LogP contribution in [0.2, 0.25) is 10.0 Å². The van der Waals surface area contributed by atoms with Gasteiger partial charge in [0.25, 0.3) is 5.69 Å². The van der Waals surface area contributed by atoms with Crippen molar-refractivity contribution in [1.82, 2.24) is 0 Å². The maximum absolute atomic E-state index is 13.9. The van der Waals surface area contributed by atoms with Crippen LogP contribution in [-0.2, 0) is 13.2 Å². The van der Waals surface area contributed by atoms with E-state index < -0.39 is 40.5 Å². The normalized spacial score (nSPS) is 10.2. The zero-order chi connectivity index (χ0) is 34.1. The van der Waals surface area contributed by atoms with E-state index in [1.165, 1.54) is 58.8 Å². The molecule has 47 heavy (non-hydrogen) atoms. The molecule has 0 aliphatic carbocycles. The van der Waals surface area contributed by atoms with Gasteiger partial charge >= 0.3 is 0 Å². The highest BCUT2D eigenvalue weighted by Crippen LogP contribution is 2.39. The van der Waals surface area contributed by atoms with Crippen molar-refractivity contribution in [1.29, 1.82) is 0 Å². The highest BCUT2D eigenvalue weighted by Gasteiger charge is 2.21. The molecule has 0 aliphatic heterocycles. The van der Waals surface area contributed by atoms with Crippen molar-refractivity contribution < 1.29 is 50.9 Å². The number of halogens is 7. The fourth-order valence-electron chi connectivity index (χ4n) is 3.86. The van der Waals surface area contributed by atoms with Crippen LogP contribution in [0.4, 0.5) is 28.9 Å². The Balaban J connectivity index is 0.000000321. The molecule has 0 radical (unpaired) electrons. The van der Waals surface area contributed by atoms with E-state index in [1.54, 1.807) is 0 Å². The third-order valence-electron chi connectivity index (χ3n) is 6.20. The van der Waals surface area contributed by atoms with Gasteiger partial charge in [-0.2, -0.15) is 0 Å². The molecule has 0 heterocycles. The van der Waals surface area contributed by atoms with Crippen molar-refractivity contribution in [3.63, 3.8) is 0 Å². The molecule has 0 spiro atoms. The first-order valence-corrected chi connectivity index (χ1v) is 13.5. The molecule has 4 aromatic carbocycles. The quantitative estimate of drug-likeness (QED) is 0.0703. The molecule has 0 aromatic heterocycles. The number of nitrogen functional groups attached to an aromatic ring is 1. The summed E-state index contributed by atoms with van der Waals surface area (Å²) in [5.74, 6) is -3.29. The Morgan fingerprint density at radius 3 is 1.47 bits per heavy atom. The van der Waals surface area contributed by atoms with Gasteiger partial charge in [0.1, 0.15) is 29.7 Å². The van der Waals surface area contributed by atoms with E-state index in [0.717, 1.165) is 18.2 Å². The van der Waals surface area contributed by atoms with Gasteiger partial charge in [-0.25, -0.2) is 17.6 Å². The number of nitro benzene ring substituents is 1. The first-order chi connectivity index (χ1) is 21.9. The van der Waals surface area contributed by atoms with Crippen LogP contribution in [0.1, 0.15) is 11.1 Å². The largest absolute Gasteiger partial charge is 0.496 e. The number of benzene rings is 4. The Kier molecular flexibility index (Phi) is 14.3. The molecule has 0 saturated heterocycles. The van der Waals surface area contributed by atoms with Crippen molar-refractivity contribution in [3.8, 4) is 34.5 Å². The van der Waals surface area contributed by atoms with Gasteiger partial charge in [0, 0.05) is 18.2 Å². The molecule has 0 unspecified atom stereocenters. The minimum absolute atomic E-state index is 0. The first kappa shape index (κ1) is 38.7. The summed E-state index contributed by atoms with van der Waals surface area (Å²) in [6.07, 6.45) is 0. The predicted octanol–water partition coefficient (Wildman–Crippen LogP) is 8.34. The lowest BCUT2D eigenvalue weighted by Crippen LogP contribution is -2.05. The zero-order valence-electron chi connectivity index (χ0n) is 25.0.